The first-order valence-corrected chi connectivity index (χ1v) is 8.67. The first-order chi connectivity index (χ1) is 9.72. The Morgan fingerprint density at radius 2 is 1.95 bits per heavy atom. The van der Waals surface area contributed by atoms with Gasteiger partial charge in [0.2, 0.25) is 0 Å². The number of hydrogen-bond donors (Lipinski definition) is 1. The van der Waals surface area contributed by atoms with Crippen molar-refractivity contribution in [3.05, 3.63) is 34.3 Å². The molecule has 1 saturated carbocycles. The minimum Gasteiger partial charge on any atom is -0.313 e. The van der Waals surface area contributed by atoms with Crippen LogP contribution in [0.25, 0.3) is 0 Å². The van der Waals surface area contributed by atoms with Crippen LogP contribution in [-0.4, -0.2) is 31.6 Å². The lowest BCUT2D eigenvalue weighted by atomic mass is 10.0. The summed E-state index contributed by atoms with van der Waals surface area (Å²) in [5.74, 6) is 0.988. The molecule has 1 aromatic rings. The van der Waals surface area contributed by atoms with E-state index < -0.39 is 0 Å². The second-order valence-electron chi connectivity index (χ2n) is 5.93. The number of hydrogen-bond acceptors (Lipinski definition) is 2. The van der Waals surface area contributed by atoms with Gasteiger partial charge >= 0.3 is 0 Å². The van der Waals surface area contributed by atoms with Crippen LogP contribution < -0.4 is 5.32 Å². The fourth-order valence-electron chi connectivity index (χ4n) is 2.76. The zero-order chi connectivity index (χ0) is 14.4. The highest BCUT2D eigenvalue weighted by Gasteiger charge is 2.24. The topological polar surface area (TPSA) is 15.3 Å². The molecule has 0 amide bonds. The van der Waals surface area contributed by atoms with Crippen LogP contribution in [0.1, 0.15) is 44.2 Å². The monoisotopic (exact) mass is 338 g/mol. The molecule has 2 nitrogen and oxygen atoms in total. The van der Waals surface area contributed by atoms with Crippen LogP contribution in [0.3, 0.4) is 0 Å². The lowest BCUT2D eigenvalue weighted by Crippen LogP contribution is -2.31. The molecule has 0 saturated heterocycles. The van der Waals surface area contributed by atoms with Gasteiger partial charge in [-0.3, -0.25) is 0 Å². The maximum Gasteiger partial charge on any atom is 0.0329 e. The van der Waals surface area contributed by atoms with E-state index >= 15 is 0 Å². The summed E-state index contributed by atoms with van der Waals surface area (Å²) in [6.45, 7) is 6.04. The van der Waals surface area contributed by atoms with Crippen molar-refractivity contribution in [2.75, 3.05) is 26.7 Å². The fraction of sp³-hybridized carbons (Fsp3) is 0.647. The van der Waals surface area contributed by atoms with E-state index in [1.807, 2.05) is 0 Å². The summed E-state index contributed by atoms with van der Waals surface area (Å²) in [5.41, 5.74) is 1.39. The molecule has 1 aliphatic carbocycles. The fourth-order valence-corrected chi connectivity index (χ4v) is 3.02. The van der Waals surface area contributed by atoms with Crippen molar-refractivity contribution in [3.63, 3.8) is 0 Å². The van der Waals surface area contributed by atoms with Crippen molar-refractivity contribution in [1.29, 1.82) is 0 Å². The molecule has 1 fully saturated rings. The summed E-state index contributed by atoms with van der Waals surface area (Å²) in [4.78, 5) is 2.65. The third-order valence-electron chi connectivity index (χ3n) is 4.11. The zero-order valence-corrected chi connectivity index (χ0v) is 14.3. The van der Waals surface area contributed by atoms with E-state index in [1.54, 1.807) is 0 Å². The molecule has 112 valence electrons. The quantitative estimate of drug-likeness (QED) is 0.725. The van der Waals surface area contributed by atoms with Crippen molar-refractivity contribution in [2.24, 2.45) is 5.92 Å². The van der Waals surface area contributed by atoms with Crippen LogP contribution in [0.15, 0.2) is 28.7 Å². The van der Waals surface area contributed by atoms with Crippen LogP contribution in [0.5, 0.6) is 0 Å². The molecule has 1 unspecified atom stereocenters. The summed E-state index contributed by atoms with van der Waals surface area (Å²) >= 11 is 3.50. The summed E-state index contributed by atoms with van der Waals surface area (Å²) in [6.07, 6.45) is 5.34. The molecule has 1 N–H and O–H groups in total. The van der Waals surface area contributed by atoms with Crippen molar-refractivity contribution in [2.45, 2.75) is 38.6 Å². The highest BCUT2D eigenvalue weighted by molar-refractivity contribution is 9.10. The summed E-state index contributed by atoms with van der Waals surface area (Å²) < 4.78 is 1.15. The van der Waals surface area contributed by atoms with Gasteiger partial charge in [0.15, 0.2) is 0 Å². The molecule has 1 aromatic carbocycles. The van der Waals surface area contributed by atoms with Gasteiger partial charge in [-0.2, -0.15) is 0 Å². The molecule has 0 spiro atoms. The first kappa shape index (κ1) is 16.0. The van der Waals surface area contributed by atoms with Crippen LogP contribution in [0.2, 0.25) is 0 Å². The Bertz CT molecular complexity index is 386. The highest BCUT2D eigenvalue weighted by Crippen LogP contribution is 2.30. The molecule has 0 heterocycles. The maximum atomic E-state index is 3.50. The molecule has 1 atom stereocenters. The number of nitrogens with zero attached hydrogens (tertiary/aromatic N) is 1. The average Bonchev–Trinajstić information content (AvgIpc) is 3.25. The lowest BCUT2D eigenvalue weighted by molar-refractivity contribution is 0.249. The summed E-state index contributed by atoms with van der Waals surface area (Å²) in [6, 6.07) is 9.16. The molecular formula is C17H27BrN2. The Kier molecular flexibility index (Phi) is 6.53. The number of nitrogens with one attached hydrogen (secondary N) is 1. The molecule has 0 radical (unpaired) electrons. The number of halogens is 1. The molecule has 1 aliphatic rings. The Labute approximate surface area is 132 Å². The van der Waals surface area contributed by atoms with Gasteiger partial charge in [-0.05, 0) is 69.4 Å². The molecular weight excluding hydrogens is 312 g/mol. The molecule has 0 bridgehead atoms. The SMILES string of the molecule is CCCN(CCC(NC)c1ccc(Br)cc1)CC1CC1. The molecule has 20 heavy (non-hydrogen) atoms. The number of rotatable bonds is 9. The predicted molar refractivity (Wildman–Crippen MR) is 90.0 cm³/mol. The standard InChI is InChI=1S/C17H27BrN2/c1-3-11-20(13-14-4-5-14)12-10-17(19-2)15-6-8-16(18)9-7-15/h6-9,14,17,19H,3-5,10-13H2,1-2H3. The van der Waals surface area contributed by atoms with E-state index in [4.69, 9.17) is 0 Å². The molecule has 0 aromatic heterocycles. The minimum absolute atomic E-state index is 0.460. The largest absolute Gasteiger partial charge is 0.313 e. The van der Waals surface area contributed by atoms with Crippen molar-refractivity contribution < 1.29 is 0 Å². The molecule has 3 heteroatoms. The molecule has 2 rings (SSSR count). The van der Waals surface area contributed by atoms with Crippen LogP contribution in [-0.2, 0) is 0 Å². The van der Waals surface area contributed by atoms with Gasteiger partial charge in [0.25, 0.3) is 0 Å². The second kappa shape index (κ2) is 8.16. The molecule has 0 aliphatic heterocycles. The normalized spacial score (nSPS) is 16.6. The first-order valence-electron chi connectivity index (χ1n) is 7.88. The van der Waals surface area contributed by atoms with E-state index in [-0.39, 0.29) is 0 Å². The Morgan fingerprint density at radius 3 is 2.50 bits per heavy atom. The smallest absolute Gasteiger partial charge is 0.0329 e. The number of benzene rings is 1. The maximum absolute atomic E-state index is 3.50. The summed E-state index contributed by atoms with van der Waals surface area (Å²) in [5, 5.41) is 3.46. The highest BCUT2D eigenvalue weighted by atomic mass is 79.9. The van der Waals surface area contributed by atoms with Crippen LogP contribution >= 0.6 is 15.9 Å². The minimum atomic E-state index is 0.460. The second-order valence-corrected chi connectivity index (χ2v) is 6.84. The van der Waals surface area contributed by atoms with Crippen LogP contribution in [0, 0.1) is 5.92 Å². The van der Waals surface area contributed by atoms with E-state index in [0.717, 1.165) is 10.4 Å². The Balaban J connectivity index is 1.86. The van der Waals surface area contributed by atoms with E-state index in [0.29, 0.717) is 6.04 Å². The van der Waals surface area contributed by atoms with E-state index in [1.165, 1.54) is 50.9 Å². The van der Waals surface area contributed by atoms with Crippen LogP contribution in [0.4, 0.5) is 0 Å². The Morgan fingerprint density at radius 1 is 1.25 bits per heavy atom. The zero-order valence-electron chi connectivity index (χ0n) is 12.7. The summed E-state index contributed by atoms with van der Waals surface area (Å²) in [7, 11) is 2.07. The van der Waals surface area contributed by atoms with Gasteiger partial charge in [-0.15, -0.1) is 0 Å². The third kappa shape index (κ3) is 5.19. The third-order valence-corrected chi connectivity index (χ3v) is 4.64. The van der Waals surface area contributed by atoms with Gasteiger partial charge in [0, 0.05) is 17.1 Å². The van der Waals surface area contributed by atoms with Crippen molar-refractivity contribution in [3.8, 4) is 0 Å². The van der Waals surface area contributed by atoms with E-state index in [9.17, 15) is 0 Å². The lowest BCUT2D eigenvalue weighted by Gasteiger charge is -2.25. The van der Waals surface area contributed by atoms with Gasteiger partial charge in [-0.1, -0.05) is 35.0 Å². The average molecular weight is 339 g/mol. The van der Waals surface area contributed by atoms with Gasteiger partial charge in [-0.25, -0.2) is 0 Å². The van der Waals surface area contributed by atoms with Gasteiger partial charge in [0.1, 0.15) is 0 Å². The predicted octanol–water partition coefficient (Wildman–Crippen LogP) is 4.22. The van der Waals surface area contributed by atoms with Gasteiger partial charge < -0.3 is 10.2 Å². The van der Waals surface area contributed by atoms with Gasteiger partial charge in [0.05, 0.1) is 0 Å². The van der Waals surface area contributed by atoms with Crippen molar-refractivity contribution >= 4 is 15.9 Å². The Hall–Kier alpha value is -0.380. The van der Waals surface area contributed by atoms with E-state index in [2.05, 4.69) is 64.4 Å². The van der Waals surface area contributed by atoms with Crippen molar-refractivity contribution in [1.82, 2.24) is 10.2 Å².